The molecule has 6 nitrogen and oxygen atoms in total. The Morgan fingerprint density at radius 3 is 2.53 bits per heavy atom. The highest BCUT2D eigenvalue weighted by molar-refractivity contribution is 7.13. The zero-order chi connectivity index (χ0) is 21.5. The van der Waals surface area contributed by atoms with Crippen LogP contribution >= 0.6 is 11.3 Å². The van der Waals surface area contributed by atoms with Crippen LogP contribution < -0.4 is 9.47 Å². The molecule has 30 heavy (non-hydrogen) atoms. The minimum atomic E-state index is -0.460. The first-order valence-corrected chi connectivity index (χ1v) is 10.0. The SMILES string of the molecule is COC(=O)/C=C/c1ccc(OC(=O)Cc2csc(-c3ccc(C)cc3)n2)c(OC)c1. The maximum atomic E-state index is 12.4. The molecular formula is C23H21NO5S. The van der Waals surface area contributed by atoms with Crippen molar-refractivity contribution in [2.45, 2.75) is 13.3 Å². The Morgan fingerprint density at radius 1 is 1.07 bits per heavy atom. The van der Waals surface area contributed by atoms with Gasteiger partial charge in [-0.3, -0.25) is 4.79 Å². The van der Waals surface area contributed by atoms with Crippen LogP contribution in [-0.2, 0) is 20.7 Å². The van der Waals surface area contributed by atoms with Crippen molar-refractivity contribution in [1.29, 1.82) is 0 Å². The van der Waals surface area contributed by atoms with Gasteiger partial charge in [-0.05, 0) is 30.7 Å². The van der Waals surface area contributed by atoms with Crippen LogP contribution in [0.25, 0.3) is 16.6 Å². The van der Waals surface area contributed by atoms with E-state index < -0.39 is 11.9 Å². The molecule has 0 amide bonds. The molecule has 3 aromatic rings. The number of nitrogens with zero attached hydrogens (tertiary/aromatic N) is 1. The standard InChI is InChI=1S/C23H21NO5S/c1-15-4-8-17(9-5-15)23-24-18(14-30-23)13-22(26)29-19-10-6-16(12-20(19)27-2)7-11-21(25)28-3/h4-12,14H,13H2,1-3H3/b11-7+. The van der Waals surface area contributed by atoms with Crippen LogP contribution in [0, 0.1) is 6.92 Å². The summed E-state index contributed by atoms with van der Waals surface area (Å²) < 4.78 is 15.3. The van der Waals surface area contributed by atoms with E-state index in [2.05, 4.69) is 9.72 Å². The molecule has 2 aromatic carbocycles. The molecule has 0 spiro atoms. The average molecular weight is 423 g/mol. The Morgan fingerprint density at radius 2 is 1.83 bits per heavy atom. The molecule has 0 fully saturated rings. The largest absolute Gasteiger partial charge is 0.493 e. The van der Waals surface area contributed by atoms with E-state index in [1.165, 1.54) is 37.2 Å². The van der Waals surface area contributed by atoms with Gasteiger partial charge in [0.05, 0.1) is 26.3 Å². The number of hydrogen-bond donors (Lipinski definition) is 0. The number of ether oxygens (including phenoxy) is 3. The summed E-state index contributed by atoms with van der Waals surface area (Å²) in [7, 11) is 2.79. The van der Waals surface area contributed by atoms with Crippen molar-refractivity contribution in [2.75, 3.05) is 14.2 Å². The van der Waals surface area contributed by atoms with E-state index in [-0.39, 0.29) is 6.42 Å². The maximum Gasteiger partial charge on any atom is 0.330 e. The zero-order valence-electron chi connectivity index (χ0n) is 16.9. The molecule has 0 radical (unpaired) electrons. The number of aryl methyl sites for hydroxylation is 1. The Balaban J connectivity index is 1.66. The third-order valence-electron chi connectivity index (χ3n) is 4.20. The smallest absolute Gasteiger partial charge is 0.330 e. The second-order valence-electron chi connectivity index (χ2n) is 6.43. The molecule has 0 saturated carbocycles. The Labute approximate surface area is 178 Å². The van der Waals surface area contributed by atoms with Crippen molar-refractivity contribution in [3.8, 4) is 22.1 Å². The number of thiazole rings is 1. The lowest BCUT2D eigenvalue weighted by atomic mass is 10.2. The minimum Gasteiger partial charge on any atom is -0.493 e. The lowest BCUT2D eigenvalue weighted by Gasteiger charge is -2.09. The fraction of sp³-hybridized carbons (Fsp3) is 0.174. The molecule has 154 valence electrons. The average Bonchev–Trinajstić information content (AvgIpc) is 3.21. The maximum absolute atomic E-state index is 12.4. The van der Waals surface area contributed by atoms with Crippen LogP contribution in [0.5, 0.6) is 11.5 Å². The van der Waals surface area contributed by atoms with Crippen molar-refractivity contribution in [3.05, 3.63) is 70.7 Å². The van der Waals surface area contributed by atoms with E-state index in [9.17, 15) is 9.59 Å². The van der Waals surface area contributed by atoms with E-state index in [1.807, 2.05) is 36.6 Å². The molecule has 0 aliphatic heterocycles. The minimum absolute atomic E-state index is 0.0511. The van der Waals surface area contributed by atoms with Gasteiger partial charge in [-0.1, -0.05) is 35.9 Å². The molecule has 0 N–H and O–H groups in total. The van der Waals surface area contributed by atoms with Crippen molar-refractivity contribution in [2.24, 2.45) is 0 Å². The Hall–Kier alpha value is -3.45. The van der Waals surface area contributed by atoms with Crippen LogP contribution in [0.15, 0.2) is 53.9 Å². The Kier molecular flexibility index (Phi) is 6.98. The summed E-state index contributed by atoms with van der Waals surface area (Å²) in [5.41, 5.74) is 3.55. The quantitative estimate of drug-likeness (QED) is 0.317. The lowest BCUT2D eigenvalue weighted by molar-refractivity contribution is -0.135. The first-order chi connectivity index (χ1) is 14.5. The van der Waals surface area contributed by atoms with Crippen molar-refractivity contribution in [1.82, 2.24) is 4.98 Å². The van der Waals surface area contributed by atoms with Gasteiger partial charge in [0.15, 0.2) is 11.5 Å². The van der Waals surface area contributed by atoms with Gasteiger partial charge in [-0.2, -0.15) is 0 Å². The number of benzene rings is 2. The molecule has 7 heteroatoms. The lowest BCUT2D eigenvalue weighted by Crippen LogP contribution is -2.12. The van der Waals surface area contributed by atoms with E-state index >= 15 is 0 Å². The van der Waals surface area contributed by atoms with Crippen LogP contribution in [0.4, 0.5) is 0 Å². The predicted molar refractivity (Wildman–Crippen MR) is 116 cm³/mol. The molecular weight excluding hydrogens is 402 g/mol. The van der Waals surface area contributed by atoms with Crippen LogP contribution in [-0.4, -0.2) is 31.1 Å². The summed E-state index contributed by atoms with van der Waals surface area (Å²) in [5.74, 6) is -0.217. The third-order valence-corrected chi connectivity index (χ3v) is 5.14. The van der Waals surface area contributed by atoms with Crippen LogP contribution in [0.1, 0.15) is 16.8 Å². The zero-order valence-corrected chi connectivity index (χ0v) is 17.7. The number of rotatable bonds is 7. The highest BCUT2D eigenvalue weighted by Crippen LogP contribution is 2.29. The summed E-state index contributed by atoms with van der Waals surface area (Å²) in [6.07, 6.45) is 2.94. The van der Waals surface area contributed by atoms with Gasteiger partial charge in [0.2, 0.25) is 0 Å². The summed E-state index contributed by atoms with van der Waals surface area (Å²) in [6.45, 7) is 2.03. The van der Waals surface area contributed by atoms with Crippen molar-refractivity contribution in [3.63, 3.8) is 0 Å². The number of methoxy groups -OCH3 is 2. The van der Waals surface area contributed by atoms with E-state index in [1.54, 1.807) is 24.3 Å². The molecule has 1 heterocycles. The monoisotopic (exact) mass is 423 g/mol. The molecule has 3 rings (SSSR count). The number of aromatic nitrogens is 1. The summed E-state index contributed by atoms with van der Waals surface area (Å²) in [5, 5.41) is 2.71. The number of carbonyl (C=O) groups excluding carboxylic acids is 2. The fourth-order valence-corrected chi connectivity index (χ4v) is 3.45. The molecule has 0 bridgehead atoms. The Bertz CT molecular complexity index is 1070. The molecule has 1 aromatic heterocycles. The molecule has 0 atom stereocenters. The number of hydrogen-bond acceptors (Lipinski definition) is 7. The summed E-state index contributed by atoms with van der Waals surface area (Å²) >= 11 is 1.49. The molecule has 0 aliphatic carbocycles. The first kappa shape index (κ1) is 21.3. The van der Waals surface area contributed by atoms with E-state index in [0.717, 1.165) is 10.6 Å². The second kappa shape index (κ2) is 9.84. The molecule has 0 saturated heterocycles. The van der Waals surface area contributed by atoms with Crippen LogP contribution in [0.2, 0.25) is 0 Å². The normalized spacial score (nSPS) is 10.8. The van der Waals surface area contributed by atoms with E-state index in [4.69, 9.17) is 9.47 Å². The summed E-state index contributed by atoms with van der Waals surface area (Å²) in [6, 6.07) is 13.1. The topological polar surface area (TPSA) is 74.7 Å². The first-order valence-electron chi connectivity index (χ1n) is 9.14. The van der Waals surface area contributed by atoms with Gasteiger partial charge in [0.25, 0.3) is 0 Å². The number of esters is 2. The second-order valence-corrected chi connectivity index (χ2v) is 7.29. The molecule has 0 unspecified atom stereocenters. The highest BCUT2D eigenvalue weighted by Gasteiger charge is 2.14. The van der Waals surface area contributed by atoms with Gasteiger partial charge in [0, 0.05) is 17.0 Å². The predicted octanol–water partition coefficient (Wildman–Crippen LogP) is 4.46. The van der Waals surface area contributed by atoms with Gasteiger partial charge in [0.1, 0.15) is 5.01 Å². The third kappa shape index (κ3) is 5.55. The molecule has 0 aliphatic rings. The fourth-order valence-electron chi connectivity index (χ4n) is 2.63. The van der Waals surface area contributed by atoms with E-state index in [0.29, 0.717) is 22.8 Å². The van der Waals surface area contributed by atoms with Crippen molar-refractivity contribution < 1.29 is 23.8 Å². The highest BCUT2D eigenvalue weighted by atomic mass is 32.1. The van der Waals surface area contributed by atoms with Gasteiger partial charge >= 0.3 is 11.9 Å². The van der Waals surface area contributed by atoms with Gasteiger partial charge < -0.3 is 14.2 Å². The van der Waals surface area contributed by atoms with Gasteiger partial charge in [-0.25, -0.2) is 9.78 Å². The van der Waals surface area contributed by atoms with Gasteiger partial charge in [-0.15, -0.1) is 11.3 Å². The number of carbonyl (C=O) groups is 2. The van der Waals surface area contributed by atoms with Crippen molar-refractivity contribution >= 4 is 29.4 Å². The van der Waals surface area contributed by atoms with Crippen LogP contribution in [0.3, 0.4) is 0 Å². The summed E-state index contributed by atoms with van der Waals surface area (Å²) in [4.78, 5) is 28.1.